The molecule has 1 heterocycles. The number of alkyl halides is 1. The Morgan fingerprint density at radius 3 is 2.75 bits per heavy atom. The lowest BCUT2D eigenvalue weighted by Crippen LogP contribution is -2.33. The van der Waals surface area contributed by atoms with Crippen LogP contribution in [0, 0.1) is 13.8 Å². The molecule has 1 aliphatic carbocycles. The highest BCUT2D eigenvalue weighted by molar-refractivity contribution is 5.96. The fraction of sp³-hybridized carbons (Fsp3) is 0.583. The molecule has 1 saturated carbocycles. The number of carbonyl (C=O) groups is 1. The van der Waals surface area contributed by atoms with Gasteiger partial charge >= 0.3 is 0 Å². The smallest absolute Gasteiger partial charge is 0.255 e. The second kappa shape index (κ2) is 4.28. The number of rotatable bonds is 2. The van der Waals surface area contributed by atoms with E-state index in [9.17, 15) is 9.18 Å². The van der Waals surface area contributed by atoms with Crippen LogP contribution in [-0.4, -0.2) is 18.1 Å². The maximum atomic E-state index is 13.0. The molecule has 0 bridgehead atoms. The predicted octanol–water partition coefficient (Wildman–Crippen LogP) is 2.52. The molecule has 1 fully saturated rings. The van der Waals surface area contributed by atoms with Gasteiger partial charge in [0.15, 0.2) is 0 Å². The summed E-state index contributed by atoms with van der Waals surface area (Å²) in [6.07, 6.45) is 2.51. The largest absolute Gasteiger partial charge is 0.469 e. The van der Waals surface area contributed by atoms with E-state index in [4.69, 9.17) is 4.42 Å². The maximum absolute atomic E-state index is 13.0. The third kappa shape index (κ3) is 2.10. The van der Waals surface area contributed by atoms with Crippen LogP contribution in [0.3, 0.4) is 0 Å². The van der Waals surface area contributed by atoms with E-state index in [0.29, 0.717) is 24.2 Å². The summed E-state index contributed by atoms with van der Waals surface area (Å²) in [5.41, 5.74) is 1.41. The molecule has 3 nitrogen and oxygen atoms in total. The molecule has 1 amide bonds. The summed E-state index contributed by atoms with van der Waals surface area (Å²) in [5.74, 6) is 0.465. The van der Waals surface area contributed by atoms with Gasteiger partial charge in [-0.15, -0.1) is 0 Å². The topological polar surface area (TPSA) is 42.2 Å². The van der Waals surface area contributed by atoms with Gasteiger partial charge in [0.1, 0.15) is 11.9 Å². The molecule has 0 saturated heterocycles. The van der Waals surface area contributed by atoms with Crippen LogP contribution in [0.5, 0.6) is 0 Å². The molecule has 16 heavy (non-hydrogen) atoms. The lowest BCUT2D eigenvalue weighted by molar-refractivity contribution is 0.0934. The Labute approximate surface area is 94.0 Å². The van der Waals surface area contributed by atoms with Gasteiger partial charge in [-0.05, 0) is 33.1 Å². The fourth-order valence-electron chi connectivity index (χ4n) is 2.23. The van der Waals surface area contributed by atoms with Crippen molar-refractivity contribution in [1.29, 1.82) is 0 Å². The van der Waals surface area contributed by atoms with Crippen molar-refractivity contribution in [2.45, 2.75) is 45.3 Å². The lowest BCUT2D eigenvalue weighted by Gasteiger charge is -2.11. The number of furan rings is 1. The molecule has 0 aromatic carbocycles. The number of hydrogen-bond acceptors (Lipinski definition) is 2. The Morgan fingerprint density at radius 2 is 2.25 bits per heavy atom. The average Bonchev–Trinajstić information content (AvgIpc) is 2.74. The van der Waals surface area contributed by atoms with Crippen LogP contribution >= 0.6 is 0 Å². The minimum atomic E-state index is -0.767. The molecule has 2 rings (SSSR count). The summed E-state index contributed by atoms with van der Waals surface area (Å²) in [7, 11) is 0. The van der Waals surface area contributed by atoms with Crippen LogP contribution < -0.4 is 5.32 Å². The van der Waals surface area contributed by atoms with E-state index >= 15 is 0 Å². The summed E-state index contributed by atoms with van der Waals surface area (Å²) in [4.78, 5) is 11.9. The first-order chi connectivity index (χ1) is 7.58. The molecular weight excluding hydrogens is 209 g/mol. The molecule has 0 unspecified atom stereocenters. The van der Waals surface area contributed by atoms with Crippen LogP contribution in [0.4, 0.5) is 4.39 Å². The second-order valence-electron chi connectivity index (χ2n) is 4.43. The number of halogens is 1. The monoisotopic (exact) mass is 225 g/mol. The predicted molar refractivity (Wildman–Crippen MR) is 58.2 cm³/mol. The number of aryl methyl sites for hydroxylation is 2. The molecule has 0 radical (unpaired) electrons. The van der Waals surface area contributed by atoms with E-state index in [-0.39, 0.29) is 11.9 Å². The minimum absolute atomic E-state index is 0.0313. The Morgan fingerprint density at radius 1 is 1.50 bits per heavy atom. The Kier molecular flexibility index (Phi) is 2.99. The quantitative estimate of drug-likeness (QED) is 0.840. The van der Waals surface area contributed by atoms with Crippen molar-refractivity contribution in [2.75, 3.05) is 0 Å². The molecule has 1 aromatic heterocycles. The first-order valence-electron chi connectivity index (χ1n) is 5.57. The number of carbonyl (C=O) groups excluding carboxylic acids is 1. The first-order valence-corrected chi connectivity index (χ1v) is 5.57. The third-order valence-corrected chi connectivity index (χ3v) is 3.09. The number of hydrogen-bond donors (Lipinski definition) is 1. The lowest BCUT2D eigenvalue weighted by atomic mass is 10.1. The van der Waals surface area contributed by atoms with Gasteiger partial charge in [-0.3, -0.25) is 4.79 Å². The highest BCUT2D eigenvalue weighted by atomic mass is 19.1. The van der Waals surface area contributed by atoms with Crippen molar-refractivity contribution < 1.29 is 13.6 Å². The molecule has 1 N–H and O–H groups in total. The van der Waals surface area contributed by atoms with E-state index in [1.165, 1.54) is 0 Å². The number of nitrogens with one attached hydrogen (secondary N) is 1. The minimum Gasteiger partial charge on any atom is -0.469 e. The highest BCUT2D eigenvalue weighted by Crippen LogP contribution is 2.23. The summed E-state index contributed by atoms with van der Waals surface area (Å²) in [5, 5.41) is 2.85. The van der Waals surface area contributed by atoms with Gasteiger partial charge in [0.2, 0.25) is 0 Å². The molecule has 4 heteroatoms. The maximum Gasteiger partial charge on any atom is 0.255 e. The van der Waals surface area contributed by atoms with E-state index in [0.717, 1.165) is 12.0 Å². The van der Waals surface area contributed by atoms with Gasteiger partial charge in [0, 0.05) is 11.6 Å². The molecule has 0 aliphatic heterocycles. The van der Waals surface area contributed by atoms with Gasteiger partial charge in [-0.25, -0.2) is 4.39 Å². The number of amides is 1. The zero-order chi connectivity index (χ0) is 11.7. The van der Waals surface area contributed by atoms with Crippen molar-refractivity contribution in [2.24, 2.45) is 0 Å². The zero-order valence-electron chi connectivity index (χ0n) is 9.55. The Bertz CT molecular complexity index is 380. The van der Waals surface area contributed by atoms with Gasteiger partial charge in [-0.1, -0.05) is 0 Å². The van der Waals surface area contributed by atoms with E-state index in [2.05, 4.69) is 5.32 Å². The van der Waals surface area contributed by atoms with E-state index in [1.54, 1.807) is 13.2 Å². The SMILES string of the molecule is Cc1coc(C)c1C(=O)N[C@@H]1CC[C@H](F)C1. The van der Waals surface area contributed by atoms with E-state index in [1.807, 2.05) is 6.92 Å². The van der Waals surface area contributed by atoms with Crippen LogP contribution in [-0.2, 0) is 0 Å². The molecule has 0 spiro atoms. The van der Waals surface area contributed by atoms with Crippen LogP contribution in [0.15, 0.2) is 10.7 Å². The molecule has 2 atom stereocenters. The molecular formula is C12H16FNO2. The van der Waals surface area contributed by atoms with Crippen molar-refractivity contribution in [3.8, 4) is 0 Å². The Balaban J connectivity index is 2.03. The zero-order valence-corrected chi connectivity index (χ0v) is 9.55. The van der Waals surface area contributed by atoms with Gasteiger partial charge in [0.05, 0.1) is 11.8 Å². The first kappa shape index (κ1) is 11.2. The van der Waals surface area contributed by atoms with Crippen LogP contribution in [0.2, 0.25) is 0 Å². The summed E-state index contributed by atoms with van der Waals surface area (Å²) in [6, 6.07) is -0.0313. The third-order valence-electron chi connectivity index (χ3n) is 3.09. The van der Waals surface area contributed by atoms with Crippen molar-refractivity contribution in [3.63, 3.8) is 0 Å². The van der Waals surface area contributed by atoms with Crippen molar-refractivity contribution >= 4 is 5.91 Å². The Hall–Kier alpha value is -1.32. The average molecular weight is 225 g/mol. The highest BCUT2D eigenvalue weighted by Gasteiger charge is 2.27. The molecule has 1 aliphatic rings. The van der Waals surface area contributed by atoms with Crippen LogP contribution in [0.25, 0.3) is 0 Å². The summed E-state index contributed by atoms with van der Waals surface area (Å²) >= 11 is 0. The van der Waals surface area contributed by atoms with Crippen LogP contribution in [0.1, 0.15) is 40.9 Å². The molecule has 88 valence electrons. The fourth-order valence-corrected chi connectivity index (χ4v) is 2.23. The van der Waals surface area contributed by atoms with E-state index < -0.39 is 6.17 Å². The van der Waals surface area contributed by atoms with Gasteiger partial charge in [0.25, 0.3) is 5.91 Å². The standard InChI is InChI=1S/C12H16FNO2/c1-7-6-16-8(2)11(7)12(15)14-10-4-3-9(13)5-10/h6,9-10H,3-5H2,1-2H3,(H,14,15)/t9-,10+/m0/s1. The summed E-state index contributed by atoms with van der Waals surface area (Å²) in [6.45, 7) is 3.59. The summed E-state index contributed by atoms with van der Waals surface area (Å²) < 4.78 is 18.1. The van der Waals surface area contributed by atoms with Crippen molar-refractivity contribution in [3.05, 3.63) is 23.2 Å². The van der Waals surface area contributed by atoms with Gasteiger partial charge < -0.3 is 9.73 Å². The molecule has 1 aromatic rings. The van der Waals surface area contributed by atoms with Crippen molar-refractivity contribution in [1.82, 2.24) is 5.32 Å². The second-order valence-corrected chi connectivity index (χ2v) is 4.43. The van der Waals surface area contributed by atoms with Gasteiger partial charge in [-0.2, -0.15) is 0 Å². The normalized spacial score (nSPS) is 24.7.